The smallest absolute Gasteiger partial charge is 0.0579 e. The molecule has 0 radical (unpaired) electrons. The van der Waals surface area contributed by atoms with E-state index in [4.69, 9.17) is 0 Å². The van der Waals surface area contributed by atoms with Crippen LogP contribution in [0.5, 0.6) is 0 Å². The normalized spacial score (nSPS) is 13.3. The first kappa shape index (κ1) is 38.9. The molecule has 1 aliphatic carbocycles. The van der Waals surface area contributed by atoms with Gasteiger partial charge in [-0.05, 0) is 121 Å². The van der Waals surface area contributed by atoms with E-state index >= 15 is 0 Å². The van der Waals surface area contributed by atoms with E-state index in [1.54, 1.807) is 0 Å². The molecule has 61 heavy (non-hydrogen) atoms. The summed E-state index contributed by atoms with van der Waals surface area (Å²) in [5, 5.41) is 5.24. The number of hydrogen-bond acceptors (Lipinski definition) is 1. The van der Waals surface area contributed by atoms with Crippen LogP contribution in [-0.4, -0.2) is 16.1 Å². The fraction of sp³-hybridized carbons (Fsp3) is 0.138. The molecule has 0 unspecified atom stereocenters. The largest absolute Gasteiger partial charge is 0.310 e. The molecular weight excluding hydrogens is 767 g/mol. The summed E-state index contributed by atoms with van der Waals surface area (Å²) >= 11 is 0. The lowest BCUT2D eigenvalue weighted by Gasteiger charge is -2.51. The van der Waals surface area contributed by atoms with Gasteiger partial charge >= 0.3 is 0 Å². The van der Waals surface area contributed by atoms with Crippen molar-refractivity contribution in [3.05, 3.63) is 211 Å². The lowest BCUT2D eigenvalue weighted by molar-refractivity contribution is 0.954. The quantitative estimate of drug-likeness (QED) is 0.138. The third-order valence-electron chi connectivity index (χ3n) is 13.4. The summed E-state index contributed by atoms with van der Waals surface area (Å²) in [6.07, 6.45) is 0. The molecule has 0 aromatic heterocycles. The summed E-state index contributed by atoms with van der Waals surface area (Å²) in [7, 11) is -4.17. The Morgan fingerprint density at radius 1 is 0.361 bits per heavy atom. The van der Waals surface area contributed by atoms with E-state index in [0.717, 1.165) is 11.4 Å². The summed E-state index contributed by atoms with van der Waals surface area (Å²) < 4.78 is -0.0928. The molecule has 0 N–H and O–H groups in total. The molecule has 0 spiro atoms. The van der Waals surface area contributed by atoms with Gasteiger partial charge in [-0.2, -0.15) is 0 Å². The SMILES string of the molecule is Cc1ccc(N(c2ccc(-c3ccccc3)cc2)c2cc3c(c4ccccc24)-c2cc4c(-c5ccccc5)ccc(-c5ccccc5)c4cc2C3([Si](C)(C)C)[Si](C)(C)C)cc1. The van der Waals surface area contributed by atoms with Crippen LogP contribution in [-0.2, 0) is 4.66 Å². The minimum absolute atomic E-state index is 0.0928. The zero-order valence-electron chi connectivity index (χ0n) is 36.4. The predicted octanol–water partition coefficient (Wildman–Crippen LogP) is 16.8. The van der Waals surface area contributed by atoms with Crippen LogP contribution in [0, 0.1) is 6.92 Å². The lowest BCUT2D eigenvalue weighted by atomic mass is 9.88. The average Bonchev–Trinajstić information content (AvgIpc) is 3.58. The first-order valence-corrected chi connectivity index (χ1v) is 28.8. The van der Waals surface area contributed by atoms with Gasteiger partial charge in [0.15, 0.2) is 0 Å². The van der Waals surface area contributed by atoms with Gasteiger partial charge in [0.25, 0.3) is 0 Å². The van der Waals surface area contributed by atoms with Crippen LogP contribution in [0.1, 0.15) is 16.7 Å². The van der Waals surface area contributed by atoms with Gasteiger partial charge in [-0.15, -0.1) is 0 Å². The highest BCUT2D eigenvalue weighted by molar-refractivity contribution is 6.99. The van der Waals surface area contributed by atoms with E-state index in [2.05, 4.69) is 245 Å². The number of anilines is 3. The number of fused-ring (bicyclic) bond motifs is 6. The maximum atomic E-state index is 2.67. The highest BCUT2D eigenvalue weighted by Gasteiger charge is 2.59. The number of aryl methyl sites for hydroxylation is 1. The van der Waals surface area contributed by atoms with Crippen LogP contribution in [0.25, 0.3) is 66.1 Å². The van der Waals surface area contributed by atoms with Crippen LogP contribution in [0.4, 0.5) is 17.1 Å². The van der Waals surface area contributed by atoms with Gasteiger partial charge in [0.1, 0.15) is 0 Å². The molecule has 0 bridgehead atoms. The minimum Gasteiger partial charge on any atom is -0.310 e. The predicted molar refractivity (Wildman–Crippen MR) is 270 cm³/mol. The standard InChI is InChI=1S/C58H53NSi2/c1-40-27-31-45(32-28-40)59(46-33-29-42(30-34-46)41-19-11-8-12-20-41)56-39-55-57(50-26-18-17-25-49(50)56)53-37-51-47(43-21-13-9-14-22-43)35-36-48(44-23-15-10-16-24-44)52(51)38-54(53)58(55,60(2,3)4)61(5,6)7/h8-39H,1-7H3. The fourth-order valence-electron chi connectivity index (χ4n) is 11.2. The Balaban J connectivity index is 1.32. The molecule has 9 aromatic rings. The van der Waals surface area contributed by atoms with Gasteiger partial charge in [0.05, 0.1) is 21.8 Å². The Morgan fingerprint density at radius 3 is 1.33 bits per heavy atom. The van der Waals surface area contributed by atoms with Crippen LogP contribution < -0.4 is 4.90 Å². The van der Waals surface area contributed by atoms with E-state index < -0.39 is 16.1 Å². The first-order valence-electron chi connectivity index (χ1n) is 21.8. The molecule has 1 nitrogen and oxygen atoms in total. The van der Waals surface area contributed by atoms with Crippen LogP contribution in [0.15, 0.2) is 194 Å². The van der Waals surface area contributed by atoms with Crippen molar-refractivity contribution in [3.8, 4) is 44.5 Å². The van der Waals surface area contributed by atoms with Crippen molar-refractivity contribution < 1.29 is 0 Å². The molecule has 0 saturated heterocycles. The third kappa shape index (κ3) is 6.25. The Morgan fingerprint density at radius 2 is 0.803 bits per heavy atom. The van der Waals surface area contributed by atoms with Crippen molar-refractivity contribution in [3.63, 3.8) is 0 Å². The second-order valence-electron chi connectivity index (χ2n) is 19.0. The molecule has 0 amide bonds. The third-order valence-corrected chi connectivity index (χ3v) is 23.5. The molecule has 1 aliphatic rings. The van der Waals surface area contributed by atoms with Crippen molar-refractivity contribution in [1.29, 1.82) is 0 Å². The molecule has 3 heteroatoms. The van der Waals surface area contributed by atoms with Gasteiger partial charge in [-0.3, -0.25) is 0 Å². The van der Waals surface area contributed by atoms with Crippen LogP contribution in [0.3, 0.4) is 0 Å². The van der Waals surface area contributed by atoms with Crippen molar-refractivity contribution in [2.45, 2.75) is 50.9 Å². The Kier molecular flexibility index (Phi) is 9.39. The second kappa shape index (κ2) is 14.7. The van der Waals surface area contributed by atoms with Gasteiger partial charge in [-0.1, -0.05) is 197 Å². The topological polar surface area (TPSA) is 3.24 Å². The highest BCUT2D eigenvalue weighted by atomic mass is 28.4. The van der Waals surface area contributed by atoms with E-state index in [1.165, 1.54) is 88.4 Å². The number of nitrogens with zero attached hydrogens (tertiary/aromatic N) is 1. The molecule has 0 saturated carbocycles. The van der Waals surface area contributed by atoms with Crippen LogP contribution in [0.2, 0.25) is 39.3 Å². The summed E-state index contributed by atoms with van der Waals surface area (Å²) in [6, 6.07) is 72.9. The summed E-state index contributed by atoms with van der Waals surface area (Å²) in [4.78, 5) is 2.52. The Bertz CT molecular complexity index is 3050. The Labute approximate surface area is 364 Å². The maximum Gasteiger partial charge on any atom is 0.0579 e. The zero-order chi connectivity index (χ0) is 42.1. The van der Waals surface area contributed by atoms with E-state index in [-0.39, 0.29) is 4.66 Å². The number of hydrogen-bond donors (Lipinski definition) is 0. The van der Waals surface area contributed by atoms with Crippen molar-refractivity contribution in [2.24, 2.45) is 0 Å². The molecule has 9 aromatic carbocycles. The maximum absolute atomic E-state index is 2.67. The monoisotopic (exact) mass is 819 g/mol. The molecular formula is C58H53NSi2. The minimum atomic E-state index is -2.09. The van der Waals surface area contributed by atoms with Crippen LogP contribution >= 0.6 is 0 Å². The number of benzene rings is 9. The first-order chi connectivity index (χ1) is 29.5. The summed E-state index contributed by atoms with van der Waals surface area (Å²) in [5.74, 6) is 0. The van der Waals surface area contributed by atoms with Gasteiger partial charge < -0.3 is 4.90 Å². The van der Waals surface area contributed by atoms with Gasteiger partial charge in [0, 0.05) is 21.4 Å². The second-order valence-corrected chi connectivity index (χ2v) is 30.0. The molecule has 0 heterocycles. The summed E-state index contributed by atoms with van der Waals surface area (Å²) in [6.45, 7) is 18.0. The van der Waals surface area contributed by atoms with E-state index in [9.17, 15) is 0 Å². The molecule has 10 rings (SSSR count). The van der Waals surface area contributed by atoms with Crippen molar-refractivity contribution in [2.75, 3.05) is 4.90 Å². The molecule has 0 atom stereocenters. The zero-order valence-corrected chi connectivity index (χ0v) is 38.4. The average molecular weight is 820 g/mol. The van der Waals surface area contributed by atoms with Gasteiger partial charge in [0.2, 0.25) is 0 Å². The fourth-order valence-corrected chi connectivity index (χ4v) is 24.3. The Hall–Kier alpha value is -6.27. The molecule has 298 valence electrons. The van der Waals surface area contributed by atoms with Crippen molar-refractivity contribution in [1.82, 2.24) is 0 Å². The van der Waals surface area contributed by atoms with E-state index in [1.807, 2.05) is 0 Å². The number of rotatable bonds is 8. The highest BCUT2D eigenvalue weighted by Crippen LogP contribution is 2.62. The molecule has 0 aliphatic heterocycles. The molecule has 0 fully saturated rings. The van der Waals surface area contributed by atoms with Gasteiger partial charge in [-0.25, -0.2) is 0 Å². The lowest BCUT2D eigenvalue weighted by Crippen LogP contribution is -2.63. The van der Waals surface area contributed by atoms with Crippen molar-refractivity contribution >= 4 is 54.8 Å². The van der Waals surface area contributed by atoms with E-state index in [0.29, 0.717) is 0 Å². The summed E-state index contributed by atoms with van der Waals surface area (Å²) in [5.41, 5.74) is 18.2.